The van der Waals surface area contributed by atoms with Gasteiger partial charge in [-0.25, -0.2) is 13.8 Å². The Kier molecular flexibility index (Phi) is 16.0. The zero-order chi connectivity index (χ0) is 41.9. The van der Waals surface area contributed by atoms with Gasteiger partial charge in [0.1, 0.15) is 35.7 Å². The van der Waals surface area contributed by atoms with Crippen molar-refractivity contribution in [2.75, 3.05) is 6.54 Å². The molecule has 1 unspecified atom stereocenters. The van der Waals surface area contributed by atoms with Crippen molar-refractivity contribution in [2.45, 2.75) is 142 Å². The number of halogens is 2. The highest BCUT2D eigenvalue weighted by Crippen LogP contribution is 2.31. The van der Waals surface area contributed by atoms with Gasteiger partial charge in [-0.05, 0) is 55.6 Å². The molecular formula is C41H57F2N7O7. The Morgan fingerprint density at radius 3 is 2.23 bits per heavy atom. The Labute approximate surface area is 333 Å². The van der Waals surface area contributed by atoms with Crippen LogP contribution in [0.3, 0.4) is 0 Å². The monoisotopic (exact) mass is 797 g/mol. The molecule has 1 aromatic carbocycles. The highest BCUT2D eigenvalue weighted by Gasteiger charge is 2.47. The number of Topliss-reactive ketones (excluding diaryl/α,β-unsaturated/α-hetero) is 1. The van der Waals surface area contributed by atoms with Crippen molar-refractivity contribution in [3.05, 3.63) is 54.1 Å². The van der Waals surface area contributed by atoms with Gasteiger partial charge in [0.2, 0.25) is 23.5 Å². The number of hydrogen-bond acceptors (Lipinski definition) is 9. The molecule has 1 aliphatic heterocycles. The van der Waals surface area contributed by atoms with Crippen molar-refractivity contribution < 1.29 is 42.3 Å². The summed E-state index contributed by atoms with van der Waals surface area (Å²) >= 11 is 0. The van der Waals surface area contributed by atoms with Gasteiger partial charge in [0, 0.05) is 30.9 Å². The number of aromatic nitrogens is 2. The minimum Gasteiger partial charge on any atom is -0.488 e. The van der Waals surface area contributed by atoms with Crippen LogP contribution in [0.5, 0.6) is 5.75 Å². The zero-order valence-corrected chi connectivity index (χ0v) is 33.7. The molecule has 14 nitrogen and oxygen atoms in total. The SMILES string of the molecule is CC.CCC[C@H](NC(=O)[C@@H]1C[C@@H](Oc2ccc(F)c(F)c2)CN1C(=O)[C@@H](NC(=O)C(NC(=O)c1cnccn1)C1CCCCC1)C(C)(C)C)C(=O)C(=O)NC1CC1. The first-order valence-corrected chi connectivity index (χ1v) is 20.1. The van der Waals surface area contributed by atoms with E-state index in [0.29, 0.717) is 19.3 Å². The summed E-state index contributed by atoms with van der Waals surface area (Å²) in [5, 5.41) is 11.1. The third-order valence-electron chi connectivity index (χ3n) is 10.3. The van der Waals surface area contributed by atoms with E-state index in [4.69, 9.17) is 4.74 Å². The fraction of sp³-hybridized carbons (Fsp3) is 0.610. The molecule has 0 bridgehead atoms. The van der Waals surface area contributed by atoms with Crippen molar-refractivity contribution in [3.63, 3.8) is 0 Å². The second kappa shape index (κ2) is 20.4. The number of carbonyl (C=O) groups is 6. The van der Waals surface area contributed by atoms with Crippen molar-refractivity contribution in [3.8, 4) is 5.75 Å². The molecule has 1 aromatic heterocycles. The standard InChI is InChI=1S/C39H51F2N7O7.C2H6/c1-5-9-28(32(49)37(53)44-23-12-13-23)45-35(51)30-19-25(55-24-14-15-26(40)27(41)18-24)21-48(30)38(54)33(39(2,3)4)47-36(52)31(22-10-7-6-8-11-22)46-34(50)29-20-42-16-17-43-29;1-2/h14-18,20,22-23,25,28,30-31,33H,5-13,19,21H2,1-4H3,(H,44,53)(H,45,51)(H,46,50)(H,47,52);1-2H3/t25-,28+,30+,31?,33-;/m1./s1. The second-order valence-electron chi connectivity index (χ2n) is 15.8. The first kappa shape index (κ1) is 44.7. The molecule has 0 spiro atoms. The number of carbonyl (C=O) groups excluding carboxylic acids is 6. The first-order valence-electron chi connectivity index (χ1n) is 20.1. The normalized spacial score (nSPS) is 19.8. The van der Waals surface area contributed by atoms with Gasteiger partial charge in [0.05, 0.1) is 18.8 Å². The van der Waals surface area contributed by atoms with Crippen molar-refractivity contribution in [1.29, 1.82) is 0 Å². The number of amides is 5. The quantitative estimate of drug-likeness (QED) is 0.192. The molecule has 312 valence electrons. The molecule has 0 radical (unpaired) electrons. The predicted molar refractivity (Wildman–Crippen MR) is 206 cm³/mol. The fourth-order valence-corrected chi connectivity index (χ4v) is 7.13. The van der Waals surface area contributed by atoms with E-state index in [9.17, 15) is 37.5 Å². The van der Waals surface area contributed by atoms with Crippen LogP contribution in [0.15, 0.2) is 36.8 Å². The van der Waals surface area contributed by atoms with Gasteiger partial charge in [0.15, 0.2) is 11.6 Å². The van der Waals surface area contributed by atoms with Crippen molar-refractivity contribution in [1.82, 2.24) is 36.1 Å². The van der Waals surface area contributed by atoms with Crippen LogP contribution in [0.25, 0.3) is 0 Å². The van der Waals surface area contributed by atoms with Gasteiger partial charge in [0.25, 0.3) is 11.8 Å². The molecule has 3 aliphatic rings. The van der Waals surface area contributed by atoms with Crippen LogP contribution in [0.1, 0.15) is 116 Å². The summed E-state index contributed by atoms with van der Waals surface area (Å²) in [4.78, 5) is 91.3. The number of benzene rings is 1. The van der Waals surface area contributed by atoms with Crippen molar-refractivity contribution in [2.24, 2.45) is 11.3 Å². The largest absolute Gasteiger partial charge is 0.488 e. The molecule has 4 N–H and O–H groups in total. The van der Waals surface area contributed by atoms with Crippen LogP contribution in [-0.4, -0.2) is 93.0 Å². The van der Waals surface area contributed by atoms with Crippen LogP contribution in [-0.2, 0) is 24.0 Å². The van der Waals surface area contributed by atoms with Crippen molar-refractivity contribution >= 4 is 35.3 Å². The average molecular weight is 798 g/mol. The van der Waals surface area contributed by atoms with E-state index >= 15 is 0 Å². The second-order valence-corrected chi connectivity index (χ2v) is 15.8. The number of nitrogens with one attached hydrogen (secondary N) is 4. The smallest absolute Gasteiger partial charge is 0.289 e. The molecule has 57 heavy (non-hydrogen) atoms. The summed E-state index contributed by atoms with van der Waals surface area (Å²) in [6.45, 7) is 10.9. The van der Waals surface area contributed by atoms with Crippen LogP contribution in [0.4, 0.5) is 8.78 Å². The number of likely N-dealkylation sites (tertiary alicyclic amines) is 1. The fourth-order valence-electron chi connectivity index (χ4n) is 7.13. The Morgan fingerprint density at radius 2 is 1.63 bits per heavy atom. The van der Waals surface area contributed by atoms with E-state index in [2.05, 4.69) is 31.2 Å². The third kappa shape index (κ3) is 12.2. The zero-order valence-electron chi connectivity index (χ0n) is 33.7. The minimum absolute atomic E-state index is 0.0250. The summed E-state index contributed by atoms with van der Waals surface area (Å²) in [7, 11) is 0. The van der Waals surface area contributed by atoms with Crippen LogP contribution < -0.4 is 26.0 Å². The number of rotatable bonds is 15. The molecule has 1 saturated heterocycles. The molecule has 5 atom stereocenters. The number of hydrogen-bond donors (Lipinski definition) is 4. The molecule has 2 heterocycles. The predicted octanol–water partition coefficient (Wildman–Crippen LogP) is 4.17. The summed E-state index contributed by atoms with van der Waals surface area (Å²) in [5.41, 5.74) is -0.886. The minimum atomic E-state index is -1.23. The molecule has 2 aliphatic carbocycles. The van der Waals surface area contributed by atoms with E-state index in [1.807, 2.05) is 13.8 Å². The van der Waals surface area contributed by atoms with Crippen LogP contribution >= 0.6 is 0 Å². The summed E-state index contributed by atoms with van der Waals surface area (Å²) in [6.07, 6.45) is 9.38. The third-order valence-corrected chi connectivity index (χ3v) is 10.3. The lowest BCUT2D eigenvalue weighted by Gasteiger charge is -2.37. The van der Waals surface area contributed by atoms with Gasteiger partial charge in [-0.2, -0.15) is 0 Å². The van der Waals surface area contributed by atoms with E-state index in [0.717, 1.165) is 44.2 Å². The Morgan fingerprint density at radius 1 is 0.930 bits per heavy atom. The molecule has 5 rings (SSSR count). The lowest BCUT2D eigenvalue weighted by atomic mass is 9.82. The first-order chi connectivity index (χ1) is 27.2. The van der Waals surface area contributed by atoms with Crippen LogP contribution in [0, 0.1) is 23.0 Å². The van der Waals surface area contributed by atoms with E-state index in [1.165, 1.54) is 29.6 Å². The highest BCUT2D eigenvalue weighted by atomic mass is 19.2. The van der Waals surface area contributed by atoms with Gasteiger partial charge in [-0.1, -0.05) is 67.2 Å². The van der Waals surface area contributed by atoms with E-state index in [1.54, 1.807) is 27.7 Å². The van der Waals surface area contributed by atoms with Crippen LogP contribution in [0.2, 0.25) is 0 Å². The highest BCUT2D eigenvalue weighted by molar-refractivity contribution is 6.38. The Bertz CT molecular complexity index is 1730. The summed E-state index contributed by atoms with van der Waals surface area (Å²) < 4.78 is 33.8. The maximum absolute atomic E-state index is 14.7. The molecular weight excluding hydrogens is 740 g/mol. The molecule has 2 aromatic rings. The lowest BCUT2D eigenvalue weighted by Crippen LogP contribution is -2.62. The average Bonchev–Trinajstić information content (AvgIpc) is 3.92. The number of ketones is 1. The number of ether oxygens (including phenoxy) is 1. The molecule has 2 saturated carbocycles. The number of nitrogens with zero attached hydrogens (tertiary/aromatic N) is 3. The van der Waals surface area contributed by atoms with Gasteiger partial charge in [-0.3, -0.25) is 33.8 Å². The summed E-state index contributed by atoms with van der Waals surface area (Å²) in [6, 6.07) is -1.69. The topological polar surface area (TPSA) is 189 Å². The molecule has 5 amide bonds. The van der Waals surface area contributed by atoms with Gasteiger partial charge >= 0.3 is 0 Å². The maximum atomic E-state index is 14.7. The lowest BCUT2D eigenvalue weighted by molar-refractivity contribution is -0.145. The summed E-state index contributed by atoms with van der Waals surface area (Å²) in [5.74, 6) is -6.58. The molecule has 16 heteroatoms. The van der Waals surface area contributed by atoms with E-state index < -0.39 is 82.6 Å². The molecule has 3 fully saturated rings. The van der Waals surface area contributed by atoms with Gasteiger partial charge in [-0.15, -0.1) is 0 Å². The van der Waals surface area contributed by atoms with Gasteiger partial charge < -0.3 is 30.9 Å². The Balaban J connectivity index is 0.00000354. The van der Waals surface area contributed by atoms with E-state index in [-0.39, 0.29) is 42.8 Å². The Hall–Kier alpha value is -5.02. The maximum Gasteiger partial charge on any atom is 0.289 e.